The van der Waals surface area contributed by atoms with Gasteiger partial charge < -0.3 is 9.47 Å². The second kappa shape index (κ2) is 5.30. The van der Waals surface area contributed by atoms with Crippen LogP contribution in [-0.4, -0.2) is 14.2 Å². The topological polar surface area (TPSA) is 18.5 Å². The molecule has 0 N–H and O–H groups in total. The van der Waals surface area contributed by atoms with E-state index < -0.39 is 0 Å². The minimum atomic E-state index is 0.792. The molecule has 0 heterocycles. The van der Waals surface area contributed by atoms with Gasteiger partial charge in [-0.15, -0.1) is 0 Å². The number of benzene rings is 2. The van der Waals surface area contributed by atoms with E-state index in [0.29, 0.717) is 0 Å². The molecule has 0 amide bonds. The summed E-state index contributed by atoms with van der Waals surface area (Å²) in [6.45, 7) is 4.36. The average Bonchev–Trinajstić information content (AvgIpc) is 2.44. The lowest BCUT2D eigenvalue weighted by Gasteiger charge is -2.14. The highest BCUT2D eigenvalue weighted by Crippen LogP contribution is 2.37. The fourth-order valence-corrected chi connectivity index (χ4v) is 2.40. The second-order valence-corrected chi connectivity index (χ2v) is 4.36. The molecule has 2 aromatic rings. The summed E-state index contributed by atoms with van der Waals surface area (Å²) in [5, 5.41) is 2.40. The summed E-state index contributed by atoms with van der Waals surface area (Å²) in [6, 6.07) is 8.59. The Bertz CT molecular complexity index is 559. The molecule has 2 heteroatoms. The molecule has 0 saturated carbocycles. The normalized spacial score (nSPS) is 10.7. The van der Waals surface area contributed by atoms with E-state index in [4.69, 9.17) is 9.47 Å². The number of hydrogen-bond acceptors (Lipinski definition) is 2. The predicted molar refractivity (Wildman–Crippen MR) is 75.8 cm³/mol. The molecule has 0 aliphatic heterocycles. The Balaban J connectivity index is 2.81. The van der Waals surface area contributed by atoms with Gasteiger partial charge >= 0.3 is 0 Å². The van der Waals surface area contributed by atoms with Crippen LogP contribution in [0.5, 0.6) is 11.5 Å². The van der Waals surface area contributed by atoms with Crippen LogP contribution < -0.4 is 9.47 Å². The molecule has 0 aliphatic carbocycles. The summed E-state index contributed by atoms with van der Waals surface area (Å²) in [6.07, 6.45) is 2.06. The Morgan fingerprint density at radius 3 is 2.22 bits per heavy atom. The van der Waals surface area contributed by atoms with Gasteiger partial charge in [0.05, 0.1) is 14.2 Å². The van der Waals surface area contributed by atoms with E-state index in [9.17, 15) is 0 Å². The molecule has 0 spiro atoms. The molecule has 2 rings (SSSR count). The minimum absolute atomic E-state index is 0.792. The number of methoxy groups -OCH3 is 2. The molecule has 0 fully saturated rings. The highest BCUT2D eigenvalue weighted by molar-refractivity contribution is 5.93. The number of aryl methyl sites for hydroxylation is 2. The summed E-state index contributed by atoms with van der Waals surface area (Å²) >= 11 is 0. The van der Waals surface area contributed by atoms with Gasteiger partial charge in [-0.2, -0.15) is 0 Å². The van der Waals surface area contributed by atoms with Gasteiger partial charge in [-0.25, -0.2) is 0 Å². The van der Waals surface area contributed by atoms with Gasteiger partial charge in [-0.3, -0.25) is 0 Å². The number of fused-ring (bicyclic) bond motifs is 1. The molecule has 0 unspecified atom stereocenters. The maximum Gasteiger partial charge on any atom is 0.168 e. The Morgan fingerprint density at radius 1 is 0.889 bits per heavy atom. The van der Waals surface area contributed by atoms with Gasteiger partial charge in [0.2, 0.25) is 0 Å². The molecule has 0 aromatic heterocycles. The fraction of sp³-hybridized carbons (Fsp3) is 0.375. The van der Waals surface area contributed by atoms with Crippen molar-refractivity contribution in [2.24, 2.45) is 0 Å². The Kier molecular flexibility index (Phi) is 3.75. The molecular formula is C16H20O2. The van der Waals surface area contributed by atoms with E-state index in [1.165, 1.54) is 16.5 Å². The Labute approximate surface area is 109 Å². The van der Waals surface area contributed by atoms with E-state index in [1.807, 2.05) is 6.07 Å². The van der Waals surface area contributed by atoms with Gasteiger partial charge in [0.25, 0.3) is 0 Å². The Hall–Kier alpha value is -1.70. The van der Waals surface area contributed by atoms with Crippen molar-refractivity contribution in [1.82, 2.24) is 0 Å². The molecule has 0 atom stereocenters. The van der Waals surface area contributed by atoms with E-state index >= 15 is 0 Å². The van der Waals surface area contributed by atoms with E-state index in [0.717, 1.165) is 29.7 Å². The molecule has 96 valence electrons. The van der Waals surface area contributed by atoms with E-state index in [1.54, 1.807) is 14.2 Å². The quantitative estimate of drug-likeness (QED) is 0.810. The maximum absolute atomic E-state index is 5.52. The van der Waals surface area contributed by atoms with Gasteiger partial charge in [0, 0.05) is 5.39 Å². The standard InChI is InChI=1S/C16H20O2/c1-5-11-9-12(6-2)13-7-8-15(17-3)16(18-4)14(13)10-11/h7-10H,5-6H2,1-4H3. The van der Waals surface area contributed by atoms with Gasteiger partial charge in [-0.05, 0) is 41.5 Å². The zero-order valence-corrected chi connectivity index (χ0v) is 11.5. The molecule has 0 radical (unpaired) electrons. The highest BCUT2D eigenvalue weighted by Gasteiger charge is 2.11. The van der Waals surface area contributed by atoms with Crippen molar-refractivity contribution < 1.29 is 9.47 Å². The van der Waals surface area contributed by atoms with Gasteiger partial charge in [0.1, 0.15) is 0 Å². The summed E-state index contributed by atoms with van der Waals surface area (Å²) in [5.41, 5.74) is 2.70. The maximum atomic E-state index is 5.52. The molecule has 0 aliphatic rings. The third kappa shape index (κ3) is 2.03. The first-order valence-corrected chi connectivity index (χ1v) is 6.41. The minimum Gasteiger partial charge on any atom is -0.493 e. The zero-order chi connectivity index (χ0) is 13.1. The summed E-state index contributed by atoms with van der Waals surface area (Å²) < 4.78 is 10.9. The lowest BCUT2D eigenvalue weighted by molar-refractivity contribution is 0.358. The zero-order valence-electron chi connectivity index (χ0n) is 11.5. The van der Waals surface area contributed by atoms with Gasteiger partial charge in [-0.1, -0.05) is 26.0 Å². The number of ether oxygens (including phenoxy) is 2. The van der Waals surface area contributed by atoms with Crippen molar-refractivity contribution in [2.45, 2.75) is 26.7 Å². The fourth-order valence-electron chi connectivity index (χ4n) is 2.40. The molecule has 18 heavy (non-hydrogen) atoms. The van der Waals surface area contributed by atoms with Crippen molar-refractivity contribution >= 4 is 10.8 Å². The SMILES string of the molecule is CCc1cc(CC)c2ccc(OC)c(OC)c2c1. The first kappa shape index (κ1) is 12.7. The molecule has 0 saturated heterocycles. The first-order valence-electron chi connectivity index (χ1n) is 6.41. The molecule has 2 nitrogen and oxygen atoms in total. The van der Waals surface area contributed by atoms with Crippen molar-refractivity contribution in [2.75, 3.05) is 14.2 Å². The van der Waals surface area contributed by atoms with E-state index in [2.05, 4.69) is 32.0 Å². The van der Waals surface area contributed by atoms with Crippen LogP contribution in [0.15, 0.2) is 24.3 Å². The van der Waals surface area contributed by atoms with Crippen molar-refractivity contribution in [3.63, 3.8) is 0 Å². The molecule has 0 bridgehead atoms. The van der Waals surface area contributed by atoms with Crippen LogP contribution in [0.25, 0.3) is 10.8 Å². The summed E-state index contributed by atoms with van der Waals surface area (Å²) in [7, 11) is 3.37. The van der Waals surface area contributed by atoms with Crippen LogP contribution in [0.4, 0.5) is 0 Å². The highest BCUT2D eigenvalue weighted by atomic mass is 16.5. The first-order chi connectivity index (χ1) is 8.74. The average molecular weight is 244 g/mol. The third-order valence-corrected chi connectivity index (χ3v) is 3.41. The van der Waals surface area contributed by atoms with Crippen molar-refractivity contribution in [3.8, 4) is 11.5 Å². The lowest BCUT2D eigenvalue weighted by atomic mass is 9.97. The predicted octanol–water partition coefficient (Wildman–Crippen LogP) is 3.98. The van der Waals surface area contributed by atoms with Crippen molar-refractivity contribution in [1.29, 1.82) is 0 Å². The smallest absolute Gasteiger partial charge is 0.168 e. The van der Waals surface area contributed by atoms with Crippen LogP contribution in [0.1, 0.15) is 25.0 Å². The van der Waals surface area contributed by atoms with Crippen LogP contribution in [0.2, 0.25) is 0 Å². The molecule has 2 aromatic carbocycles. The summed E-state index contributed by atoms with van der Waals surface area (Å²) in [5.74, 6) is 1.63. The second-order valence-electron chi connectivity index (χ2n) is 4.36. The number of rotatable bonds is 4. The van der Waals surface area contributed by atoms with Gasteiger partial charge in [0.15, 0.2) is 11.5 Å². The Morgan fingerprint density at radius 2 is 1.67 bits per heavy atom. The van der Waals surface area contributed by atoms with Crippen LogP contribution in [0.3, 0.4) is 0 Å². The van der Waals surface area contributed by atoms with Crippen molar-refractivity contribution in [3.05, 3.63) is 35.4 Å². The third-order valence-electron chi connectivity index (χ3n) is 3.41. The lowest BCUT2D eigenvalue weighted by Crippen LogP contribution is -1.95. The summed E-state index contributed by atoms with van der Waals surface area (Å²) in [4.78, 5) is 0. The monoisotopic (exact) mass is 244 g/mol. The molecular weight excluding hydrogens is 224 g/mol. The van der Waals surface area contributed by atoms with Crippen LogP contribution in [0, 0.1) is 0 Å². The number of hydrogen-bond donors (Lipinski definition) is 0. The van der Waals surface area contributed by atoms with E-state index in [-0.39, 0.29) is 0 Å². The van der Waals surface area contributed by atoms with Crippen LogP contribution >= 0.6 is 0 Å². The van der Waals surface area contributed by atoms with Crippen LogP contribution in [-0.2, 0) is 12.8 Å². The largest absolute Gasteiger partial charge is 0.493 e.